The van der Waals surface area contributed by atoms with Crippen LogP contribution < -0.4 is 5.32 Å². The number of nitrogens with one attached hydrogen (secondary N) is 1. The Bertz CT molecular complexity index is 660. The van der Waals surface area contributed by atoms with Gasteiger partial charge in [0, 0.05) is 23.9 Å². The van der Waals surface area contributed by atoms with Crippen LogP contribution in [0.2, 0.25) is 0 Å². The van der Waals surface area contributed by atoms with E-state index in [1.165, 1.54) is 6.20 Å². The number of nitro groups is 1. The Hall–Kier alpha value is -2.28. The lowest BCUT2D eigenvalue weighted by Crippen LogP contribution is -2.15. The summed E-state index contributed by atoms with van der Waals surface area (Å²) < 4.78 is 5.46. The highest BCUT2D eigenvalue weighted by atomic mass is 16.6. The second-order valence-electron chi connectivity index (χ2n) is 4.97. The van der Waals surface area contributed by atoms with Gasteiger partial charge in [-0.15, -0.1) is 0 Å². The molecule has 0 saturated carbocycles. The molecule has 0 aromatic carbocycles. The molecule has 0 unspecified atom stereocenters. The van der Waals surface area contributed by atoms with E-state index in [0.717, 1.165) is 11.5 Å². The summed E-state index contributed by atoms with van der Waals surface area (Å²) in [6.45, 7) is 8.03. The van der Waals surface area contributed by atoms with E-state index in [1.54, 1.807) is 13.8 Å². The van der Waals surface area contributed by atoms with E-state index in [1.807, 2.05) is 13.8 Å². The molecule has 0 atom stereocenters. The molecule has 0 aliphatic heterocycles. The number of aryl methyl sites for hydroxylation is 3. The van der Waals surface area contributed by atoms with Gasteiger partial charge in [0.1, 0.15) is 5.76 Å². The van der Waals surface area contributed by atoms with Crippen molar-refractivity contribution in [3.63, 3.8) is 0 Å². The van der Waals surface area contributed by atoms with Gasteiger partial charge >= 0.3 is 0 Å². The fourth-order valence-corrected chi connectivity index (χ4v) is 2.13. The molecule has 112 valence electrons. The smallest absolute Gasteiger partial charge is 0.278 e. The average molecular weight is 290 g/mol. The van der Waals surface area contributed by atoms with Gasteiger partial charge < -0.3 is 9.73 Å². The number of rotatable bonds is 5. The van der Waals surface area contributed by atoms with Crippen molar-refractivity contribution in [2.45, 2.75) is 40.8 Å². The van der Waals surface area contributed by atoms with Crippen LogP contribution in [0.5, 0.6) is 0 Å². The lowest BCUT2D eigenvalue weighted by atomic mass is 10.1. The van der Waals surface area contributed by atoms with Crippen LogP contribution in [-0.4, -0.2) is 14.9 Å². The number of hydrogen-bond donors (Lipinski definition) is 1. The predicted octanol–water partition coefficient (Wildman–Crippen LogP) is 2.50. The molecule has 7 heteroatoms. The highest BCUT2D eigenvalue weighted by Gasteiger charge is 2.18. The van der Waals surface area contributed by atoms with Gasteiger partial charge in [-0.05, 0) is 27.7 Å². The summed E-state index contributed by atoms with van der Waals surface area (Å²) in [6, 6.07) is 0. The molecule has 2 aromatic heterocycles. The predicted molar refractivity (Wildman–Crippen MR) is 76.9 cm³/mol. The quantitative estimate of drug-likeness (QED) is 0.671. The first-order valence-corrected chi connectivity index (χ1v) is 6.63. The molecule has 7 nitrogen and oxygen atoms in total. The number of aromatic nitrogens is 2. The Morgan fingerprint density at radius 1 is 1.29 bits per heavy atom. The first kappa shape index (κ1) is 15.1. The van der Waals surface area contributed by atoms with E-state index >= 15 is 0 Å². The normalized spacial score (nSPS) is 10.9. The number of nitrogens with zero attached hydrogens (tertiary/aromatic N) is 3. The second kappa shape index (κ2) is 6.01. The zero-order valence-corrected chi connectivity index (χ0v) is 12.6. The first-order chi connectivity index (χ1) is 9.90. The van der Waals surface area contributed by atoms with Gasteiger partial charge in [-0.3, -0.25) is 15.1 Å². The highest BCUT2D eigenvalue weighted by molar-refractivity contribution is 5.47. The van der Waals surface area contributed by atoms with Crippen LogP contribution in [0.3, 0.4) is 0 Å². The molecular weight excluding hydrogens is 272 g/mol. The van der Waals surface area contributed by atoms with Gasteiger partial charge in [-0.1, -0.05) is 0 Å². The van der Waals surface area contributed by atoms with Gasteiger partial charge in [0.25, 0.3) is 5.69 Å². The third-order valence-corrected chi connectivity index (χ3v) is 3.40. The maximum absolute atomic E-state index is 11.1. The molecule has 0 radical (unpaired) electrons. The van der Waals surface area contributed by atoms with Crippen molar-refractivity contribution >= 4 is 5.69 Å². The lowest BCUT2D eigenvalue weighted by Gasteiger charge is -2.07. The Balaban J connectivity index is 2.07. The summed E-state index contributed by atoms with van der Waals surface area (Å²) in [4.78, 5) is 19.2. The summed E-state index contributed by atoms with van der Waals surface area (Å²) in [6.07, 6.45) is 1.53. The fraction of sp³-hybridized carbons (Fsp3) is 0.429. The summed E-state index contributed by atoms with van der Waals surface area (Å²) in [5.74, 6) is 1.40. The van der Waals surface area contributed by atoms with E-state index < -0.39 is 0 Å². The van der Waals surface area contributed by atoms with Crippen LogP contribution in [-0.2, 0) is 13.1 Å². The van der Waals surface area contributed by atoms with Crippen molar-refractivity contribution in [1.82, 2.24) is 15.3 Å². The van der Waals surface area contributed by atoms with Gasteiger partial charge in [0.05, 0.1) is 22.9 Å². The summed E-state index contributed by atoms with van der Waals surface area (Å²) in [7, 11) is 0. The molecule has 0 saturated heterocycles. The average Bonchev–Trinajstić information content (AvgIpc) is 2.71. The van der Waals surface area contributed by atoms with Gasteiger partial charge in [0.2, 0.25) is 5.89 Å². The van der Waals surface area contributed by atoms with E-state index in [9.17, 15) is 10.1 Å². The molecule has 0 aliphatic carbocycles. The first-order valence-electron chi connectivity index (χ1n) is 6.63. The Kier molecular flexibility index (Phi) is 4.32. The molecule has 0 aliphatic rings. The molecule has 1 N–H and O–H groups in total. The van der Waals surface area contributed by atoms with Crippen LogP contribution >= 0.6 is 0 Å². The fourth-order valence-electron chi connectivity index (χ4n) is 2.13. The van der Waals surface area contributed by atoms with Crippen molar-refractivity contribution in [1.29, 1.82) is 0 Å². The van der Waals surface area contributed by atoms with E-state index in [0.29, 0.717) is 35.8 Å². The van der Waals surface area contributed by atoms with Crippen molar-refractivity contribution < 1.29 is 9.34 Å². The van der Waals surface area contributed by atoms with Crippen molar-refractivity contribution in [3.8, 4) is 0 Å². The number of oxazole rings is 1. The molecule has 2 rings (SSSR count). The topological polar surface area (TPSA) is 94.1 Å². The van der Waals surface area contributed by atoms with Crippen LogP contribution in [0.15, 0.2) is 10.6 Å². The summed E-state index contributed by atoms with van der Waals surface area (Å²) in [5.41, 5.74) is 2.82. The minimum absolute atomic E-state index is 0.129. The van der Waals surface area contributed by atoms with Crippen molar-refractivity contribution in [2.24, 2.45) is 0 Å². The highest BCUT2D eigenvalue weighted by Crippen LogP contribution is 2.23. The molecule has 0 bridgehead atoms. The van der Waals surface area contributed by atoms with E-state index in [4.69, 9.17) is 4.42 Å². The molecule has 0 spiro atoms. The third kappa shape index (κ3) is 3.25. The van der Waals surface area contributed by atoms with Gasteiger partial charge in [-0.25, -0.2) is 4.98 Å². The van der Waals surface area contributed by atoms with Gasteiger partial charge in [-0.2, -0.15) is 0 Å². The Labute approximate surface area is 122 Å². The number of pyridine rings is 1. The second-order valence-corrected chi connectivity index (χ2v) is 4.97. The van der Waals surface area contributed by atoms with Crippen LogP contribution in [0, 0.1) is 37.8 Å². The molecule has 0 fully saturated rings. The largest absolute Gasteiger partial charge is 0.444 e. The summed E-state index contributed by atoms with van der Waals surface area (Å²) >= 11 is 0. The molecule has 21 heavy (non-hydrogen) atoms. The maximum Gasteiger partial charge on any atom is 0.278 e. The minimum Gasteiger partial charge on any atom is -0.444 e. The van der Waals surface area contributed by atoms with Crippen LogP contribution in [0.4, 0.5) is 5.69 Å². The Morgan fingerprint density at radius 3 is 2.57 bits per heavy atom. The van der Waals surface area contributed by atoms with Crippen LogP contribution in [0.25, 0.3) is 0 Å². The lowest BCUT2D eigenvalue weighted by molar-refractivity contribution is -0.386. The minimum atomic E-state index is -0.364. The van der Waals surface area contributed by atoms with Gasteiger partial charge in [0.15, 0.2) is 0 Å². The SMILES string of the molecule is Cc1cnc(CNCc2nc(C)c(C)o2)c(C)c1[N+](=O)[O-]. The maximum atomic E-state index is 11.1. The molecule has 2 aromatic rings. The zero-order chi connectivity index (χ0) is 15.6. The molecular formula is C14H18N4O3. The van der Waals surface area contributed by atoms with E-state index in [-0.39, 0.29) is 10.6 Å². The summed E-state index contributed by atoms with van der Waals surface area (Å²) in [5, 5.41) is 14.2. The Morgan fingerprint density at radius 2 is 2.00 bits per heavy atom. The monoisotopic (exact) mass is 290 g/mol. The molecule has 2 heterocycles. The van der Waals surface area contributed by atoms with E-state index in [2.05, 4.69) is 15.3 Å². The third-order valence-electron chi connectivity index (χ3n) is 3.40. The number of hydrogen-bond acceptors (Lipinski definition) is 6. The van der Waals surface area contributed by atoms with Crippen molar-refractivity contribution in [2.75, 3.05) is 0 Å². The zero-order valence-electron chi connectivity index (χ0n) is 12.6. The molecule has 0 amide bonds. The standard InChI is InChI=1S/C14H18N4O3/c1-8-5-16-12(9(2)14(8)18(19)20)6-15-7-13-17-10(3)11(4)21-13/h5,15H,6-7H2,1-4H3. The van der Waals surface area contributed by atoms with Crippen molar-refractivity contribution in [3.05, 3.63) is 50.5 Å². The van der Waals surface area contributed by atoms with Crippen LogP contribution in [0.1, 0.15) is 34.2 Å².